The van der Waals surface area contributed by atoms with E-state index < -0.39 is 5.82 Å². The minimum atomic E-state index is -0.487. The highest BCUT2D eigenvalue weighted by Gasteiger charge is 2.13. The zero-order chi connectivity index (χ0) is 12.1. The number of alkyl halides is 1. The number of hydrogen-bond acceptors (Lipinski definition) is 2. The molecule has 0 spiro atoms. The molecule has 0 fully saturated rings. The van der Waals surface area contributed by atoms with Crippen LogP contribution in [0.3, 0.4) is 0 Å². The Hall–Kier alpha value is -1.29. The summed E-state index contributed by atoms with van der Waals surface area (Å²) in [5, 5.41) is 0. The van der Waals surface area contributed by atoms with Crippen LogP contribution in [0.1, 0.15) is 10.4 Å². The van der Waals surface area contributed by atoms with Crippen molar-refractivity contribution in [3.05, 3.63) is 29.6 Å². The number of methoxy groups -OCH3 is 1. The van der Waals surface area contributed by atoms with Crippen LogP contribution in [-0.4, -0.2) is 37.4 Å². The van der Waals surface area contributed by atoms with Crippen molar-refractivity contribution in [1.29, 1.82) is 0 Å². The van der Waals surface area contributed by atoms with Crippen LogP contribution < -0.4 is 4.74 Å². The van der Waals surface area contributed by atoms with E-state index in [1.54, 1.807) is 7.05 Å². The molecular formula is C11H13ClFNO2. The van der Waals surface area contributed by atoms with Gasteiger partial charge < -0.3 is 9.64 Å². The van der Waals surface area contributed by atoms with Crippen molar-refractivity contribution >= 4 is 17.5 Å². The molecule has 0 aromatic heterocycles. The van der Waals surface area contributed by atoms with Crippen LogP contribution in [-0.2, 0) is 0 Å². The van der Waals surface area contributed by atoms with E-state index in [4.69, 9.17) is 16.3 Å². The monoisotopic (exact) mass is 245 g/mol. The number of amides is 1. The Bertz CT molecular complexity index is 384. The van der Waals surface area contributed by atoms with Crippen molar-refractivity contribution in [1.82, 2.24) is 4.90 Å². The Kier molecular flexibility index (Phi) is 4.55. The highest BCUT2D eigenvalue weighted by atomic mass is 35.5. The first kappa shape index (κ1) is 12.8. The molecule has 0 saturated heterocycles. The molecule has 0 N–H and O–H groups in total. The Morgan fingerprint density at radius 2 is 2.25 bits per heavy atom. The molecule has 1 rings (SSSR count). The van der Waals surface area contributed by atoms with Crippen LogP contribution in [0.2, 0.25) is 0 Å². The quantitative estimate of drug-likeness (QED) is 0.761. The third kappa shape index (κ3) is 2.85. The van der Waals surface area contributed by atoms with E-state index in [1.165, 1.54) is 30.2 Å². The Labute approximate surface area is 98.8 Å². The van der Waals surface area contributed by atoms with Crippen molar-refractivity contribution in [2.45, 2.75) is 0 Å². The Balaban J connectivity index is 2.92. The number of hydrogen-bond donors (Lipinski definition) is 0. The zero-order valence-corrected chi connectivity index (χ0v) is 9.92. The number of halogens is 2. The number of rotatable bonds is 4. The summed E-state index contributed by atoms with van der Waals surface area (Å²) in [6.07, 6.45) is 0. The lowest BCUT2D eigenvalue weighted by Crippen LogP contribution is -2.28. The largest absolute Gasteiger partial charge is 0.494 e. The maximum Gasteiger partial charge on any atom is 0.253 e. The maximum absolute atomic E-state index is 13.1. The molecule has 0 radical (unpaired) electrons. The summed E-state index contributed by atoms with van der Waals surface area (Å²) in [6.45, 7) is 0.445. The molecule has 88 valence electrons. The zero-order valence-electron chi connectivity index (χ0n) is 9.17. The molecule has 1 aromatic carbocycles. The van der Waals surface area contributed by atoms with Gasteiger partial charge in [0, 0.05) is 25.0 Å². The molecule has 1 amide bonds. The van der Waals surface area contributed by atoms with Crippen LogP contribution >= 0.6 is 11.6 Å². The van der Waals surface area contributed by atoms with Gasteiger partial charge in [-0.2, -0.15) is 0 Å². The number of nitrogens with zero attached hydrogens (tertiary/aromatic N) is 1. The van der Waals surface area contributed by atoms with Crippen molar-refractivity contribution in [3.63, 3.8) is 0 Å². The van der Waals surface area contributed by atoms with Gasteiger partial charge in [-0.15, -0.1) is 11.6 Å². The van der Waals surface area contributed by atoms with E-state index in [2.05, 4.69) is 0 Å². The summed E-state index contributed by atoms with van der Waals surface area (Å²) in [6, 6.07) is 4.01. The van der Waals surface area contributed by atoms with E-state index in [0.29, 0.717) is 18.0 Å². The van der Waals surface area contributed by atoms with Crippen molar-refractivity contribution in [2.24, 2.45) is 0 Å². The number of benzene rings is 1. The average molecular weight is 246 g/mol. The Morgan fingerprint density at radius 1 is 1.56 bits per heavy atom. The molecule has 5 heteroatoms. The van der Waals surface area contributed by atoms with Gasteiger partial charge in [-0.25, -0.2) is 4.39 Å². The van der Waals surface area contributed by atoms with E-state index in [-0.39, 0.29) is 11.7 Å². The van der Waals surface area contributed by atoms with Crippen LogP contribution in [0.4, 0.5) is 4.39 Å². The van der Waals surface area contributed by atoms with Gasteiger partial charge in [0.25, 0.3) is 5.91 Å². The molecule has 0 atom stereocenters. The Morgan fingerprint density at radius 3 is 2.81 bits per heavy atom. The molecule has 16 heavy (non-hydrogen) atoms. The topological polar surface area (TPSA) is 29.5 Å². The van der Waals surface area contributed by atoms with E-state index in [0.717, 1.165) is 0 Å². The van der Waals surface area contributed by atoms with Crippen LogP contribution in [0, 0.1) is 5.82 Å². The molecular weight excluding hydrogens is 233 g/mol. The molecule has 0 heterocycles. The number of ether oxygens (including phenoxy) is 1. The predicted molar refractivity (Wildman–Crippen MR) is 60.6 cm³/mol. The summed E-state index contributed by atoms with van der Waals surface area (Å²) in [4.78, 5) is 13.3. The standard InChI is InChI=1S/C11H13ClFNO2/c1-14(6-5-12)11(15)8-3-4-9(13)10(7-8)16-2/h3-4,7H,5-6H2,1-2H3. The van der Waals surface area contributed by atoms with Crippen LogP contribution in [0.25, 0.3) is 0 Å². The third-order valence-corrected chi connectivity index (χ3v) is 2.33. The van der Waals surface area contributed by atoms with Crippen LogP contribution in [0.5, 0.6) is 5.75 Å². The van der Waals surface area contributed by atoms with Gasteiger partial charge in [-0.3, -0.25) is 4.79 Å². The smallest absolute Gasteiger partial charge is 0.253 e. The van der Waals surface area contributed by atoms with Gasteiger partial charge in [-0.1, -0.05) is 0 Å². The lowest BCUT2D eigenvalue weighted by Gasteiger charge is -2.15. The van der Waals surface area contributed by atoms with E-state index in [1.807, 2.05) is 0 Å². The lowest BCUT2D eigenvalue weighted by molar-refractivity contribution is 0.0803. The highest BCUT2D eigenvalue weighted by Crippen LogP contribution is 2.18. The van der Waals surface area contributed by atoms with Gasteiger partial charge >= 0.3 is 0 Å². The first-order valence-electron chi connectivity index (χ1n) is 4.75. The van der Waals surface area contributed by atoms with Crippen LogP contribution in [0.15, 0.2) is 18.2 Å². The van der Waals surface area contributed by atoms with Gasteiger partial charge in [0.1, 0.15) is 0 Å². The average Bonchev–Trinajstić information content (AvgIpc) is 2.29. The van der Waals surface area contributed by atoms with Gasteiger partial charge in [-0.05, 0) is 18.2 Å². The van der Waals surface area contributed by atoms with Crippen molar-refractivity contribution in [3.8, 4) is 5.75 Å². The fraction of sp³-hybridized carbons (Fsp3) is 0.364. The molecule has 0 aliphatic rings. The fourth-order valence-corrected chi connectivity index (χ4v) is 1.50. The summed E-state index contributed by atoms with van der Waals surface area (Å²) in [7, 11) is 3.00. The first-order chi connectivity index (χ1) is 7.60. The molecule has 0 bridgehead atoms. The minimum absolute atomic E-state index is 0.0603. The number of carbonyl (C=O) groups is 1. The summed E-state index contributed by atoms with van der Waals surface area (Å²) >= 11 is 5.53. The molecule has 0 aliphatic carbocycles. The number of carbonyl (C=O) groups excluding carboxylic acids is 1. The van der Waals surface area contributed by atoms with Crippen molar-refractivity contribution < 1.29 is 13.9 Å². The highest BCUT2D eigenvalue weighted by molar-refractivity contribution is 6.18. The third-order valence-electron chi connectivity index (χ3n) is 2.16. The second-order valence-corrected chi connectivity index (χ2v) is 3.64. The normalized spacial score (nSPS) is 10.0. The molecule has 0 aliphatic heterocycles. The molecule has 0 saturated carbocycles. The van der Waals surface area contributed by atoms with E-state index >= 15 is 0 Å². The maximum atomic E-state index is 13.1. The van der Waals surface area contributed by atoms with Gasteiger partial charge in [0.2, 0.25) is 0 Å². The fourth-order valence-electron chi connectivity index (χ4n) is 1.24. The summed E-state index contributed by atoms with van der Waals surface area (Å²) in [5.41, 5.74) is 0.380. The second-order valence-electron chi connectivity index (χ2n) is 3.27. The van der Waals surface area contributed by atoms with Gasteiger partial charge in [0.05, 0.1) is 7.11 Å². The summed E-state index contributed by atoms with van der Waals surface area (Å²) < 4.78 is 17.9. The molecule has 1 aromatic rings. The second kappa shape index (κ2) is 5.70. The van der Waals surface area contributed by atoms with Gasteiger partial charge in [0.15, 0.2) is 11.6 Å². The minimum Gasteiger partial charge on any atom is -0.494 e. The predicted octanol–water partition coefficient (Wildman–Crippen LogP) is 2.15. The molecule has 0 unspecified atom stereocenters. The van der Waals surface area contributed by atoms with E-state index in [9.17, 15) is 9.18 Å². The molecule has 3 nitrogen and oxygen atoms in total. The SMILES string of the molecule is COc1cc(C(=O)N(C)CCCl)ccc1F. The first-order valence-corrected chi connectivity index (χ1v) is 5.28. The van der Waals surface area contributed by atoms with Crippen molar-refractivity contribution in [2.75, 3.05) is 26.6 Å². The summed E-state index contributed by atoms with van der Waals surface area (Å²) in [5.74, 6) is -0.274. The lowest BCUT2D eigenvalue weighted by atomic mass is 10.2.